The lowest BCUT2D eigenvalue weighted by Gasteiger charge is -1.92. The molecule has 0 rings (SSSR count). The van der Waals surface area contributed by atoms with E-state index < -0.39 is 0 Å². The van der Waals surface area contributed by atoms with Gasteiger partial charge in [-0.05, 0) is 6.42 Å². The molecule has 0 aliphatic rings. The monoisotopic (exact) mass is 146 g/mol. The van der Waals surface area contributed by atoms with E-state index in [2.05, 4.69) is 4.74 Å². The van der Waals surface area contributed by atoms with Gasteiger partial charge in [-0.1, -0.05) is 7.43 Å². The summed E-state index contributed by atoms with van der Waals surface area (Å²) in [4.78, 5) is 20.0. The Morgan fingerprint density at radius 2 is 2.20 bits per heavy atom. The minimum atomic E-state index is -0.355. The topological polar surface area (TPSA) is 43.4 Å². The Bertz CT molecular complexity index is 99.0. The van der Waals surface area contributed by atoms with E-state index in [1.807, 2.05) is 0 Å². The molecule has 0 aromatic carbocycles. The number of carbonyl (C=O) groups excluding carboxylic acids is 2. The van der Waals surface area contributed by atoms with Crippen LogP contribution in [0.1, 0.15) is 20.3 Å². The number of hydrogen-bond acceptors (Lipinski definition) is 3. The fourth-order valence-corrected chi connectivity index (χ4v) is 0.450. The maximum Gasteiger partial charge on any atom is 0.195 e. The summed E-state index contributed by atoms with van der Waals surface area (Å²) >= 11 is 0. The highest BCUT2D eigenvalue weighted by molar-refractivity contribution is 6.24. The summed E-state index contributed by atoms with van der Waals surface area (Å²) in [5.74, 6) is -0.355. The number of ether oxygens (including phenoxy) is 1. The standard InChI is InChI=1S/C6H10O3.CH4/c1-9-4-2-3-6(8)5-7;/h5H,2-4H2,1H3;1H4. The van der Waals surface area contributed by atoms with Gasteiger partial charge in [-0.3, -0.25) is 9.59 Å². The third-order valence-corrected chi connectivity index (χ3v) is 0.903. The average Bonchev–Trinajstić information content (AvgIpc) is 1.89. The number of rotatable bonds is 5. The SMILES string of the molecule is C.COCCCC(=O)C=O. The van der Waals surface area contributed by atoms with Gasteiger partial charge in [0.25, 0.3) is 0 Å². The van der Waals surface area contributed by atoms with Crippen molar-refractivity contribution in [3.63, 3.8) is 0 Å². The largest absolute Gasteiger partial charge is 0.385 e. The van der Waals surface area contributed by atoms with Crippen LogP contribution in [0.5, 0.6) is 0 Å². The second kappa shape index (κ2) is 8.30. The number of Topliss-reactive ketones (excluding diaryl/α,β-unsaturated/α-hetero) is 1. The highest BCUT2D eigenvalue weighted by Crippen LogP contribution is 1.87. The van der Waals surface area contributed by atoms with Gasteiger partial charge in [0.05, 0.1) is 0 Å². The van der Waals surface area contributed by atoms with Gasteiger partial charge in [-0.2, -0.15) is 0 Å². The zero-order chi connectivity index (χ0) is 7.11. The Morgan fingerprint density at radius 3 is 2.60 bits per heavy atom. The van der Waals surface area contributed by atoms with Crippen LogP contribution < -0.4 is 0 Å². The number of aldehydes is 1. The molecule has 0 fully saturated rings. The van der Waals surface area contributed by atoms with Gasteiger partial charge in [-0.15, -0.1) is 0 Å². The van der Waals surface area contributed by atoms with Crippen LogP contribution in [0.3, 0.4) is 0 Å². The van der Waals surface area contributed by atoms with Crippen molar-refractivity contribution in [2.24, 2.45) is 0 Å². The maximum absolute atomic E-state index is 10.3. The first-order chi connectivity index (χ1) is 4.31. The van der Waals surface area contributed by atoms with E-state index >= 15 is 0 Å². The van der Waals surface area contributed by atoms with Gasteiger partial charge in [0, 0.05) is 20.1 Å². The van der Waals surface area contributed by atoms with E-state index in [1.54, 1.807) is 7.11 Å². The van der Waals surface area contributed by atoms with E-state index in [0.717, 1.165) is 0 Å². The third-order valence-electron chi connectivity index (χ3n) is 0.903. The van der Waals surface area contributed by atoms with Crippen molar-refractivity contribution in [3.05, 3.63) is 0 Å². The van der Waals surface area contributed by atoms with E-state index in [-0.39, 0.29) is 13.2 Å². The van der Waals surface area contributed by atoms with Crippen molar-refractivity contribution in [3.8, 4) is 0 Å². The molecule has 0 heterocycles. The van der Waals surface area contributed by atoms with Crippen molar-refractivity contribution in [1.82, 2.24) is 0 Å². The smallest absolute Gasteiger partial charge is 0.195 e. The second-order valence-corrected chi connectivity index (χ2v) is 1.68. The lowest BCUT2D eigenvalue weighted by molar-refractivity contribution is -0.130. The summed E-state index contributed by atoms with van der Waals surface area (Å²) in [5.41, 5.74) is 0. The number of hydrogen-bond donors (Lipinski definition) is 0. The van der Waals surface area contributed by atoms with Gasteiger partial charge in [0.15, 0.2) is 12.1 Å². The molecular weight excluding hydrogens is 132 g/mol. The van der Waals surface area contributed by atoms with Crippen molar-refractivity contribution in [2.75, 3.05) is 13.7 Å². The molecule has 0 unspecified atom stereocenters. The number of ketones is 1. The van der Waals surface area contributed by atoms with Crippen molar-refractivity contribution in [2.45, 2.75) is 20.3 Å². The quantitative estimate of drug-likeness (QED) is 0.327. The normalized spacial score (nSPS) is 8.10. The number of carbonyl (C=O) groups is 2. The van der Waals surface area contributed by atoms with E-state index in [1.165, 1.54) is 0 Å². The maximum atomic E-state index is 10.3. The van der Waals surface area contributed by atoms with Crippen molar-refractivity contribution < 1.29 is 14.3 Å². The molecule has 0 aromatic heterocycles. The molecule has 0 N–H and O–H groups in total. The molecule has 0 bridgehead atoms. The third kappa shape index (κ3) is 7.30. The van der Waals surface area contributed by atoms with E-state index in [4.69, 9.17) is 0 Å². The predicted molar refractivity (Wildman–Crippen MR) is 38.9 cm³/mol. The molecule has 0 saturated carbocycles. The highest BCUT2D eigenvalue weighted by Gasteiger charge is 1.96. The molecule has 3 heteroatoms. The molecular formula is C7H14O3. The van der Waals surface area contributed by atoms with Gasteiger partial charge in [0.2, 0.25) is 0 Å². The van der Waals surface area contributed by atoms with Crippen LogP contribution in [0.15, 0.2) is 0 Å². The Kier molecular flexibility index (Phi) is 9.98. The van der Waals surface area contributed by atoms with E-state index in [9.17, 15) is 9.59 Å². The molecule has 0 spiro atoms. The van der Waals surface area contributed by atoms with Gasteiger partial charge < -0.3 is 4.74 Å². The summed E-state index contributed by atoms with van der Waals surface area (Å²) in [6.45, 7) is 0.541. The van der Waals surface area contributed by atoms with Crippen LogP contribution in [-0.4, -0.2) is 25.8 Å². The minimum Gasteiger partial charge on any atom is -0.385 e. The first-order valence-electron chi connectivity index (χ1n) is 2.78. The molecule has 0 amide bonds. The lowest BCUT2D eigenvalue weighted by atomic mass is 10.2. The first-order valence-corrected chi connectivity index (χ1v) is 2.78. The molecule has 0 atom stereocenters. The molecule has 0 radical (unpaired) electrons. The Labute approximate surface area is 61.4 Å². The van der Waals surface area contributed by atoms with Crippen LogP contribution in [0.4, 0.5) is 0 Å². The summed E-state index contributed by atoms with van der Waals surface area (Å²) < 4.78 is 4.67. The number of methoxy groups -OCH3 is 1. The van der Waals surface area contributed by atoms with Crippen LogP contribution in [-0.2, 0) is 14.3 Å². The Balaban J connectivity index is 0. The summed E-state index contributed by atoms with van der Waals surface area (Å²) in [7, 11) is 1.56. The van der Waals surface area contributed by atoms with Crippen molar-refractivity contribution in [1.29, 1.82) is 0 Å². The van der Waals surface area contributed by atoms with Gasteiger partial charge >= 0.3 is 0 Å². The molecule has 10 heavy (non-hydrogen) atoms. The Hall–Kier alpha value is -0.700. The lowest BCUT2D eigenvalue weighted by Crippen LogP contribution is -2.00. The van der Waals surface area contributed by atoms with Crippen LogP contribution in [0.25, 0.3) is 0 Å². The summed E-state index contributed by atoms with van der Waals surface area (Å²) in [6.07, 6.45) is 1.28. The van der Waals surface area contributed by atoms with E-state index in [0.29, 0.717) is 25.7 Å². The Morgan fingerprint density at radius 1 is 1.60 bits per heavy atom. The molecule has 0 saturated heterocycles. The highest BCUT2D eigenvalue weighted by atomic mass is 16.5. The zero-order valence-electron chi connectivity index (χ0n) is 5.42. The van der Waals surface area contributed by atoms with Crippen LogP contribution in [0.2, 0.25) is 0 Å². The molecule has 0 aliphatic carbocycles. The van der Waals surface area contributed by atoms with Gasteiger partial charge in [-0.25, -0.2) is 0 Å². The molecule has 60 valence electrons. The molecule has 3 nitrogen and oxygen atoms in total. The summed E-state index contributed by atoms with van der Waals surface area (Å²) in [6, 6.07) is 0. The molecule has 0 aliphatic heterocycles. The first kappa shape index (κ1) is 12.0. The zero-order valence-corrected chi connectivity index (χ0v) is 5.42. The predicted octanol–water partition coefficient (Wildman–Crippen LogP) is 0.817. The fourth-order valence-electron chi connectivity index (χ4n) is 0.450. The minimum absolute atomic E-state index is 0. The summed E-state index contributed by atoms with van der Waals surface area (Å²) in [5, 5.41) is 0. The van der Waals surface area contributed by atoms with Crippen LogP contribution in [0, 0.1) is 0 Å². The van der Waals surface area contributed by atoms with Crippen molar-refractivity contribution >= 4 is 12.1 Å². The fraction of sp³-hybridized carbons (Fsp3) is 0.714. The second-order valence-electron chi connectivity index (χ2n) is 1.68. The van der Waals surface area contributed by atoms with Gasteiger partial charge in [0.1, 0.15) is 0 Å². The molecule has 0 aromatic rings. The van der Waals surface area contributed by atoms with Crippen LogP contribution >= 0.6 is 0 Å². The average molecular weight is 146 g/mol.